The van der Waals surface area contributed by atoms with Crippen molar-refractivity contribution < 1.29 is 5.11 Å². The lowest BCUT2D eigenvalue weighted by molar-refractivity contribution is 0.160. The third kappa shape index (κ3) is 3.91. The maximum atomic E-state index is 9.25. The zero-order valence-corrected chi connectivity index (χ0v) is 11.8. The van der Waals surface area contributed by atoms with Gasteiger partial charge in [-0.15, -0.1) is 0 Å². The van der Waals surface area contributed by atoms with E-state index < -0.39 is 0 Å². The van der Waals surface area contributed by atoms with Crippen LogP contribution in [0.3, 0.4) is 0 Å². The molecule has 0 aromatic carbocycles. The van der Waals surface area contributed by atoms with Crippen LogP contribution < -0.4 is 5.32 Å². The smallest absolute Gasteiger partial charge is 0.0564 e. The SMILES string of the molecule is CSC(CO)C(C)NC1CCN(C)C(C)C1. The van der Waals surface area contributed by atoms with Crippen LogP contribution in [0.4, 0.5) is 0 Å². The molecule has 0 spiro atoms. The van der Waals surface area contributed by atoms with Gasteiger partial charge >= 0.3 is 0 Å². The molecule has 16 heavy (non-hydrogen) atoms. The van der Waals surface area contributed by atoms with E-state index in [9.17, 15) is 5.11 Å². The van der Waals surface area contributed by atoms with E-state index >= 15 is 0 Å². The molecule has 1 fully saturated rings. The summed E-state index contributed by atoms with van der Waals surface area (Å²) in [7, 11) is 2.20. The normalized spacial score (nSPS) is 31.3. The average molecular weight is 246 g/mol. The summed E-state index contributed by atoms with van der Waals surface area (Å²) in [6.07, 6.45) is 4.50. The predicted molar refractivity (Wildman–Crippen MR) is 72.1 cm³/mol. The van der Waals surface area contributed by atoms with Crippen LogP contribution in [0, 0.1) is 0 Å². The number of hydrogen-bond donors (Lipinski definition) is 2. The van der Waals surface area contributed by atoms with Gasteiger partial charge in [-0.05, 0) is 46.5 Å². The van der Waals surface area contributed by atoms with Gasteiger partial charge in [-0.2, -0.15) is 11.8 Å². The van der Waals surface area contributed by atoms with Crippen molar-refractivity contribution in [1.82, 2.24) is 10.2 Å². The van der Waals surface area contributed by atoms with Gasteiger partial charge in [0, 0.05) is 23.4 Å². The zero-order chi connectivity index (χ0) is 12.1. The molecule has 0 radical (unpaired) electrons. The van der Waals surface area contributed by atoms with Gasteiger partial charge < -0.3 is 15.3 Å². The Morgan fingerprint density at radius 2 is 2.25 bits per heavy atom. The van der Waals surface area contributed by atoms with E-state index in [0.29, 0.717) is 23.4 Å². The van der Waals surface area contributed by atoms with Crippen molar-refractivity contribution in [3.8, 4) is 0 Å². The van der Waals surface area contributed by atoms with Gasteiger partial charge in [0.05, 0.1) is 6.61 Å². The Bertz CT molecular complexity index is 199. The lowest BCUT2D eigenvalue weighted by Gasteiger charge is -2.37. The Morgan fingerprint density at radius 1 is 1.56 bits per heavy atom. The van der Waals surface area contributed by atoms with Crippen molar-refractivity contribution in [3.63, 3.8) is 0 Å². The molecule has 4 heteroatoms. The fourth-order valence-electron chi connectivity index (χ4n) is 2.36. The van der Waals surface area contributed by atoms with Crippen LogP contribution in [0.2, 0.25) is 0 Å². The van der Waals surface area contributed by atoms with E-state index in [1.54, 1.807) is 11.8 Å². The van der Waals surface area contributed by atoms with Gasteiger partial charge in [0.15, 0.2) is 0 Å². The molecule has 0 aromatic rings. The molecule has 0 saturated carbocycles. The van der Waals surface area contributed by atoms with Gasteiger partial charge in [0.2, 0.25) is 0 Å². The van der Waals surface area contributed by atoms with Crippen LogP contribution in [0.5, 0.6) is 0 Å². The fraction of sp³-hybridized carbons (Fsp3) is 1.00. The summed E-state index contributed by atoms with van der Waals surface area (Å²) in [6.45, 7) is 5.91. The second-order valence-corrected chi connectivity index (χ2v) is 6.04. The quantitative estimate of drug-likeness (QED) is 0.763. The summed E-state index contributed by atoms with van der Waals surface area (Å²) in [6, 6.07) is 1.67. The van der Waals surface area contributed by atoms with E-state index in [1.165, 1.54) is 19.4 Å². The van der Waals surface area contributed by atoms with Crippen LogP contribution in [-0.2, 0) is 0 Å². The molecule has 0 bridgehead atoms. The summed E-state index contributed by atoms with van der Waals surface area (Å²) in [5, 5.41) is 13.2. The first-order valence-corrected chi connectivity index (χ1v) is 7.47. The molecule has 1 heterocycles. The van der Waals surface area contributed by atoms with Gasteiger partial charge in [-0.25, -0.2) is 0 Å². The van der Waals surface area contributed by atoms with Gasteiger partial charge in [-0.1, -0.05) is 0 Å². The number of thioether (sulfide) groups is 1. The van der Waals surface area contributed by atoms with Gasteiger partial charge in [0.1, 0.15) is 0 Å². The largest absolute Gasteiger partial charge is 0.395 e. The topological polar surface area (TPSA) is 35.5 Å². The lowest BCUT2D eigenvalue weighted by atomic mass is 9.98. The van der Waals surface area contributed by atoms with E-state index in [0.717, 1.165) is 0 Å². The third-order valence-electron chi connectivity index (χ3n) is 3.75. The molecule has 0 aliphatic carbocycles. The highest BCUT2D eigenvalue weighted by atomic mass is 32.2. The average Bonchev–Trinajstić information content (AvgIpc) is 2.25. The zero-order valence-electron chi connectivity index (χ0n) is 10.9. The van der Waals surface area contributed by atoms with Crippen molar-refractivity contribution in [2.45, 2.75) is 50.1 Å². The number of nitrogens with zero attached hydrogens (tertiary/aromatic N) is 1. The van der Waals surface area contributed by atoms with Crippen LogP contribution in [0.25, 0.3) is 0 Å². The summed E-state index contributed by atoms with van der Waals surface area (Å²) >= 11 is 1.75. The first kappa shape index (κ1) is 14.3. The highest BCUT2D eigenvalue weighted by molar-refractivity contribution is 7.99. The molecule has 1 saturated heterocycles. The predicted octanol–water partition coefficient (Wildman–Crippen LogP) is 1.17. The molecule has 1 aliphatic rings. The molecule has 0 aromatic heterocycles. The molecule has 0 amide bonds. The molecule has 1 rings (SSSR count). The molecular formula is C12H26N2OS. The van der Waals surface area contributed by atoms with Crippen LogP contribution >= 0.6 is 11.8 Å². The van der Waals surface area contributed by atoms with E-state index in [2.05, 4.69) is 37.4 Å². The summed E-state index contributed by atoms with van der Waals surface area (Å²) in [5.74, 6) is 0. The maximum absolute atomic E-state index is 9.25. The summed E-state index contributed by atoms with van der Waals surface area (Å²) in [4.78, 5) is 2.42. The molecule has 4 unspecified atom stereocenters. The van der Waals surface area contributed by atoms with E-state index in [4.69, 9.17) is 0 Å². The van der Waals surface area contributed by atoms with Crippen molar-refractivity contribution in [2.75, 3.05) is 26.5 Å². The number of piperidine rings is 1. The van der Waals surface area contributed by atoms with Crippen molar-refractivity contribution in [1.29, 1.82) is 0 Å². The van der Waals surface area contributed by atoms with Gasteiger partial charge in [-0.3, -0.25) is 0 Å². The Balaban J connectivity index is 2.36. The number of rotatable bonds is 5. The number of hydrogen-bond acceptors (Lipinski definition) is 4. The van der Waals surface area contributed by atoms with Crippen molar-refractivity contribution in [3.05, 3.63) is 0 Å². The Morgan fingerprint density at radius 3 is 2.75 bits per heavy atom. The Labute approximate surface area is 104 Å². The standard InChI is InChI=1S/C12H26N2OS/c1-9-7-11(5-6-14(9)3)13-10(2)12(8-15)16-4/h9-13,15H,5-8H2,1-4H3. The number of nitrogens with one attached hydrogen (secondary N) is 1. The minimum absolute atomic E-state index is 0.261. The second kappa shape index (κ2) is 6.84. The summed E-state index contributed by atoms with van der Waals surface area (Å²) < 4.78 is 0. The van der Waals surface area contributed by atoms with Crippen LogP contribution in [-0.4, -0.2) is 59.8 Å². The Kier molecular flexibility index (Phi) is 6.11. The first-order valence-electron chi connectivity index (χ1n) is 6.18. The minimum Gasteiger partial charge on any atom is -0.395 e. The molecule has 4 atom stereocenters. The number of aliphatic hydroxyl groups excluding tert-OH is 1. The van der Waals surface area contributed by atoms with E-state index in [1.807, 2.05) is 0 Å². The Hall–Kier alpha value is 0.230. The monoisotopic (exact) mass is 246 g/mol. The van der Waals surface area contributed by atoms with Crippen LogP contribution in [0.15, 0.2) is 0 Å². The van der Waals surface area contributed by atoms with Crippen molar-refractivity contribution in [2.24, 2.45) is 0 Å². The molecular weight excluding hydrogens is 220 g/mol. The van der Waals surface area contributed by atoms with Gasteiger partial charge in [0.25, 0.3) is 0 Å². The van der Waals surface area contributed by atoms with Crippen molar-refractivity contribution >= 4 is 11.8 Å². The minimum atomic E-state index is 0.261. The fourth-order valence-corrected chi connectivity index (χ4v) is 2.99. The number of likely N-dealkylation sites (tertiary alicyclic amines) is 1. The van der Waals surface area contributed by atoms with Crippen LogP contribution in [0.1, 0.15) is 26.7 Å². The molecule has 96 valence electrons. The highest BCUT2D eigenvalue weighted by Gasteiger charge is 2.25. The maximum Gasteiger partial charge on any atom is 0.0564 e. The molecule has 3 nitrogen and oxygen atoms in total. The summed E-state index contributed by atoms with van der Waals surface area (Å²) in [5.41, 5.74) is 0. The third-order valence-corrected chi connectivity index (χ3v) is 4.91. The first-order chi connectivity index (χ1) is 7.58. The highest BCUT2D eigenvalue weighted by Crippen LogP contribution is 2.18. The lowest BCUT2D eigenvalue weighted by Crippen LogP contribution is -2.50. The molecule has 2 N–H and O–H groups in total. The van der Waals surface area contributed by atoms with E-state index in [-0.39, 0.29) is 6.61 Å². The number of aliphatic hydroxyl groups is 1. The second-order valence-electron chi connectivity index (χ2n) is 4.96. The molecule has 1 aliphatic heterocycles.